The number of amidine groups is 1. The lowest BCUT2D eigenvalue weighted by Crippen LogP contribution is -2.54. The molecular formula is C26H30N6O. The largest absolute Gasteiger partial charge is 0.494 e. The van der Waals surface area contributed by atoms with E-state index in [1.807, 2.05) is 38.3 Å². The van der Waals surface area contributed by atoms with Crippen molar-refractivity contribution in [3.05, 3.63) is 71.7 Å². The predicted octanol–water partition coefficient (Wildman–Crippen LogP) is 4.92. The van der Waals surface area contributed by atoms with E-state index in [0.717, 1.165) is 56.9 Å². The van der Waals surface area contributed by atoms with Crippen LogP contribution in [0.3, 0.4) is 0 Å². The Balaban J connectivity index is 1.35. The molecule has 1 aliphatic rings. The molecule has 1 unspecified atom stereocenters. The number of nitrogens with zero attached hydrogens (tertiary/aromatic N) is 1. The lowest BCUT2D eigenvalue weighted by Gasteiger charge is -2.32. The molecule has 7 heteroatoms. The second-order valence-electron chi connectivity index (χ2n) is 8.71. The third-order valence-electron chi connectivity index (χ3n) is 5.94. The summed E-state index contributed by atoms with van der Waals surface area (Å²) in [4.78, 5) is 11.5. The lowest BCUT2D eigenvalue weighted by molar-refractivity contribution is 0.340. The summed E-state index contributed by atoms with van der Waals surface area (Å²) in [5.41, 5.74) is 13.2. The van der Waals surface area contributed by atoms with Gasteiger partial charge in [0.25, 0.3) is 0 Å². The van der Waals surface area contributed by atoms with Gasteiger partial charge in [-0.25, -0.2) is 4.99 Å². The Hall–Kier alpha value is -3.71. The molecule has 0 fully saturated rings. The zero-order valence-corrected chi connectivity index (χ0v) is 19.3. The highest BCUT2D eigenvalue weighted by Crippen LogP contribution is 2.27. The van der Waals surface area contributed by atoms with E-state index in [4.69, 9.17) is 15.5 Å². The molecule has 4 aromatic rings. The summed E-state index contributed by atoms with van der Waals surface area (Å²) in [6.07, 6.45) is 5.45. The van der Waals surface area contributed by atoms with Crippen LogP contribution >= 0.6 is 0 Å². The Morgan fingerprint density at radius 1 is 1.09 bits per heavy atom. The molecule has 0 radical (unpaired) electrons. The molecule has 0 bridgehead atoms. The minimum absolute atomic E-state index is 0.644. The molecule has 0 spiro atoms. The van der Waals surface area contributed by atoms with E-state index in [2.05, 4.69) is 57.9 Å². The number of allylic oxidation sites excluding steroid dienone is 1. The van der Waals surface area contributed by atoms with Crippen LogP contribution in [-0.4, -0.2) is 28.2 Å². The number of aliphatic imine (C=N–C) groups is 1. The Kier molecular flexibility index (Phi) is 5.34. The number of aromatic nitrogens is 2. The number of H-pyrrole nitrogens is 2. The van der Waals surface area contributed by atoms with Gasteiger partial charge in [-0.3, -0.25) is 5.73 Å². The number of aromatic amines is 2. The number of hydrogen-bond donors (Lipinski definition) is 5. The van der Waals surface area contributed by atoms with E-state index >= 15 is 0 Å². The first-order valence-corrected chi connectivity index (χ1v) is 11.4. The van der Waals surface area contributed by atoms with Gasteiger partial charge < -0.3 is 25.3 Å². The zero-order valence-electron chi connectivity index (χ0n) is 19.3. The minimum atomic E-state index is -0.892. The number of nitrogens with two attached hydrogens (primary N) is 1. The molecule has 6 N–H and O–H groups in total. The summed E-state index contributed by atoms with van der Waals surface area (Å²) in [6.45, 7) is 6.71. The normalized spacial score (nSPS) is 18.2. The van der Waals surface area contributed by atoms with Crippen LogP contribution in [0.2, 0.25) is 0 Å². The molecule has 0 aliphatic carbocycles. The molecule has 2 aromatic carbocycles. The van der Waals surface area contributed by atoms with Gasteiger partial charge in [-0.2, -0.15) is 0 Å². The maximum Gasteiger partial charge on any atom is 0.184 e. The van der Waals surface area contributed by atoms with Gasteiger partial charge in [0.1, 0.15) is 11.6 Å². The third kappa shape index (κ3) is 4.45. The average Bonchev–Trinajstić information content (AvgIpc) is 3.33. The average molecular weight is 443 g/mol. The van der Waals surface area contributed by atoms with Gasteiger partial charge in [-0.1, -0.05) is 0 Å². The molecule has 2 aromatic heterocycles. The number of fused-ring (bicyclic) bond motifs is 2. The monoisotopic (exact) mass is 442 g/mol. The SMILES string of the molecule is CCOc1ccc2[nH]cc(CCC3(N)N=C(Nc4ccc5[nH]c(C)cc5c4)C=C(C)N3)c2c1. The highest BCUT2D eigenvalue weighted by Gasteiger charge is 2.27. The van der Waals surface area contributed by atoms with Gasteiger partial charge in [0.15, 0.2) is 5.79 Å². The van der Waals surface area contributed by atoms with E-state index in [1.165, 1.54) is 5.56 Å². The molecule has 0 amide bonds. The predicted molar refractivity (Wildman–Crippen MR) is 136 cm³/mol. The van der Waals surface area contributed by atoms with Crippen LogP contribution in [0.4, 0.5) is 5.69 Å². The van der Waals surface area contributed by atoms with Crippen LogP contribution in [0.15, 0.2) is 65.4 Å². The van der Waals surface area contributed by atoms with Gasteiger partial charge in [-0.05, 0) is 81.3 Å². The van der Waals surface area contributed by atoms with E-state index in [-0.39, 0.29) is 0 Å². The Bertz CT molecular complexity index is 1380. The van der Waals surface area contributed by atoms with Crippen LogP contribution in [-0.2, 0) is 6.42 Å². The number of aryl methyl sites for hydroxylation is 2. The van der Waals surface area contributed by atoms with Crippen molar-refractivity contribution in [3.8, 4) is 5.75 Å². The summed E-state index contributed by atoms with van der Waals surface area (Å²) in [7, 11) is 0. The fourth-order valence-electron chi connectivity index (χ4n) is 4.49. The topological polar surface area (TPSA) is 103 Å². The molecule has 5 rings (SSSR count). The van der Waals surface area contributed by atoms with Crippen molar-refractivity contribution < 1.29 is 4.74 Å². The summed E-state index contributed by atoms with van der Waals surface area (Å²) in [5.74, 6) is 0.733. The van der Waals surface area contributed by atoms with Gasteiger partial charge in [0.05, 0.1) is 6.61 Å². The van der Waals surface area contributed by atoms with Crippen molar-refractivity contribution >= 4 is 33.3 Å². The number of benzene rings is 2. The summed E-state index contributed by atoms with van der Waals surface area (Å²) < 4.78 is 5.67. The van der Waals surface area contributed by atoms with Crippen molar-refractivity contribution in [1.29, 1.82) is 0 Å². The van der Waals surface area contributed by atoms with Gasteiger partial charge >= 0.3 is 0 Å². The first-order chi connectivity index (χ1) is 15.9. The fourth-order valence-corrected chi connectivity index (χ4v) is 4.49. The lowest BCUT2D eigenvalue weighted by atomic mass is 10.0. The van der Waals surface area contributed by atoms with Crippen molar-refractivity contribution in [2.45, 2.75) is 39.4 Å². The first kappa shape index (κ1) is 21.2. The van der Waals surface area contributed by atoms with Crippen LogP contribution in [0.5, 0.6) is 5.75 Å². The Labute approximate surface area is 193 Å². The fraction of sp³-hybridized carbons (Fsp3) is 0.269. The van der Waals surface area contributed by atoms with E-state index in [0.29, 0.717) is 13.0 Å². The highest BCUT2D eigenvalue weighted by atomic mass is 16.5. The number of anilines is 1. The van der Waals surface area contributed by atoms with Gasteiger partial charge in [0.2, 0.25) is 0 Å². The molecule has 3 heterocycles. The van der Waals surface area contributed by atoms with Crippen LogP contribution in [0, 0.1) is 6.92 Å². The Morgan fingerprint density at radius 2 is 1.94 bits per heavy atom. The maximum absolute atomic E-state index is 6.71. The highest BCUT2D eigenvalue weighted by molar-refractivity contribution is 6.05. The number of rotatable bonds is 6. The van der Waals surface area contributed by atoms with E-state index < -0.39 is 5.79 Å². The third-order valence-corrected chi connectivity index (χ3v) is 5.94. The van der Waals surface area contributed by atoms with E-state index in [9.17, 15) is 0 Å². The maximum atomic E-state index is 6.71. The first-order valence-electron chi connectivity index (χ1n) is 11.4. The second kappa shape index (κ2) is 8.33. The Morgan fingerprint density at radius 3 is 2.79 bits per heavy atom. The summed E-state index contributed by atoms with van der Waals surface area (Å²) >= 11 is 0. The molecular weight excluding hydrogens is 412 g/mol. The molecule has 170 valence electrons. The van der Waals surface area contributed by atoms with Crippen molar-refractivity contribution in [2.24, 2.45) is 10.7 Å². The summed E-state index contributed by atoms with van der Waals surface area (Å²) in [6, 6.07) is 14.5. The minimum Gasteiger partial charge on any atom is -0.494 e. The molecule has 0 saturated carbocycles. The molecule has 1 atom stereocenters. The standard InChI is InChI=1S/C26H30N6O/c1-4-33-21-6-8-24-22(14-21)18(15-28-24)9-10-26(27)31-17(3)12-25(32-26)30-20-5-7-23-19(13-20)11-16(2)29-23/h5-8,11-15,28-29,31H,4,9-10,27H2,1-3H3,(H,30,32). The van der Waals surface area contributed by atoms with Crippen molar-refractivity contribution in [2.75, 3.05) is 11.9 Å². The van der Waals surface area contributed by atoms with Crippen LogP contribution in [0.1, 0.15) is 31.5 Å². The molecule has 0 saturated heterocycles. The summed E-state index contributed by atoms with van der Waals surface area (Å²) in [5, 5.41) is 9.11. The van der Waals surface area contributed by atoms with Crippen molar-refractivity contribution in [1.82, 2.24) is 15.3 Å². The zero-order chi connectivity index (χ0) is 23.0. The number of ether oxygens (including phenoxy) is 1. The van der Waals surface area contributed by atoms with Crippen LogP contribution in [0.25, 0.3) is 21.8 Å². The number of nitrogens with one attached hydrogen (secondary N) is 4. The van der Waals surface area contributed by atoms with E-state index in [1.54, 1.807) is 0 Å². The number of hydrogen-bond acceptors (Lipinski definition) is 5. The molecule has 7 nitrogen and oxygen atoms in total. The smallest absolute Gasteiger partial charge is 0.184 e. The second-order valence-corrected chi connectivity index (χ2v) is 8.71. The van der Waals surface area contributed by atoms with Crippen LogP contribution < -0.4 is 21.1 Å². The van der Waals surface area contributed by atoms with Crippen molar-refractivity contribution in [3.63, 3.8) is 0 Å². The molecule has 1 aliphatic heterocycles. The molecule has 33 heavy (non-hydrogen) atoms. The quantitative estimate of drug-likeness (QED) is 0.292. The van der Waals surface area contributed by atoms with Gasteiger partial charge in [-0.15, -0.1) is 0 Å². The van der Waals surface area contributed by atoms with Gasteiger partial charge in [0, 0.05) is 51.5 Å².